The Hall–Kier alpha value is -1.66. The predicted octanol–water partition coefficient (Wildman–Crippen LogP) is 1.50. The van der Waals surface area contributed by atoms with Gasteiger partial charge in [-0.15, -0.1) is 0 Å². The van der Waals surface area contributed by atoms with Crippen molar-refractivity contribution in [2.75, 3.05) is 0 Å². The van der Waals surface area contributed by atoms with Crippen LogP contribution in [0.25, 0.3) is 0 Å². The van der Waals surface area contributed by atoms with Gasteiger partial charge in [-0.1, -0.05) is 27.4 Å². The quantitative estimate of drug-likeness (QED) is 0.445. The molecule has 0 spiro atoms. The van der Waals surface area contributed by atoms with Crippen LogP contribution in [0.5, 0.6) is 0 Å². The van der Waals surface area contributed by atoms with Gasteiger partial charge in [0, 0.05) is 17.4 Å². The molecule has 6 atom stereocenters. The maximum absolute atomic E-state index is 12.2. The summed E-state index contributed by atoms with van der Waals surface area (Å²) >= 11 is 0. The summed E-state index contributed by atoms with van der Waals surface area (Å²) in [6, 6.07) is 0. The fraction of sp³-hybridized carbons (Fsp3) is 0.684. The van der Waals surface area contributed by atoms with Crippen molar-refractivity contribution in [1.82, 2.24) is 0 Å². The van der Waals surface area contributed by atoms with Gasteiger partial charge in [0.2, 0.25) is 0 Å². The van der Waals surface area contributed by atoms with Gasteiger partial charge >= 0.3 is 11.9 Å². The number of hydrogen-bond acceptors (Lipinski definition) is 6. The number of carbonyl (C=O) groups is 2. The zero-order valence-electron chi connectivity index (χ0n) is 15.1. The van der Waals surface area contributed by atoms with E-state index in [1.54, 1.807) is 20.8 Å². The number of ether oxygens (including phenoxy) is 2. The van der Waals surface area contributed by atoms with Gasteiger partial charge in [0.15, 0.2) is 0 Å². The molecule has 25 heavy (non-hydrogen) atoms. The van der Waals surface area contributed by atoms with E-state index in [-0.39, 0.29) is 23.9 Å². The summed E-state index contributed by atoms with van der Waals surface area (Å²) in [5.41, 5.74) is 1.02. The number of hydrogen-bond donors (Lipinski definition) is 2. The van der Waals surface area contributed by atoms with Crippen LogP contribution in [0.3, 0.4) is 0 Å². The monoisotopic (exact) mass is 350 g/mol. The van der Waals surface area contributed by atoms with Crippen molar-refractivity contribution in [3.63, 3.8) is 0 Å². The summed E-state index contributed by atoms with van der Waals surface area (Å²) in [6.45, 7) is 11.0. The minimum absolute atomic E-state index is 0.211. The molecule has 1 saturated carbocycles. The van der Waals surface area contributed by atoms with Crippen LogP contribution in [0.4, 0.5) is 0 Å². The van der Waals surface area contributed by atoms with Crippen LogP contribution in [0.2, 0.25) is 0 Å². The normalized spacial score (nSPS) is 40.7. The largest absolute Gasteiger partial charge is 0.461 e. The van der Waals surface area contributed by atoms with Gasteiger partial charge in [-0.05, 0) is 24.5 Å². The summed E-state index contributed by atoms with van der Waals surface area (Å²) in [5.74, 6) is -1.64. The maximum atomic E-state index is 12.2. The average Bonchev–Trinajstić information content (AvgIpc) is 2.80. The first-order valence-electron chi connectivity index (χ1n) is 8.75. The molecule has 2 aliphatic carbocycles. The fourth-order valence-corrected chi connectivity index (χ4v) is 4.44. The van der Waals surface area contributed by atoms with Gasteiger partial charge in [-0.2, -0.15) is 0 Å². The van der Waals surface area contributed by atoms with E-state index in [9.17, 15) is 19.8 Å². The molecule has 0 amide bonds. The molecule has 0 radical (unpaired) electrons. The van der Waals surface area contributed by atoms with Gasteiger partial charge in [-0.3, -0.25) is 4.79 Å². The molecule has 3 aliphatic rings. The molecule has 0 unspecified atom stereocenters. The molecule has 3 rings (SSSR count). The highest BCUT2D eigenvalue weighted by Crippen LogP contribution is 2.56. The molecular formula is C19H26O6. The van der Waals surface area contributed by atoms with Crippen LogP contribution < -0.4 is 0 Å². The molecule has 6 heteroatoms. The summed E-state index contributed by atoms with van der Waals surface area (Å²) in [7, 11) is 0. The van der Waals surface area contributed by atoms with Crippen molar-refractivity contribution in [2.45, 2.75) is 65.0 Å². The second-order valence-corrected chi connectivity index (χ2v) is 7.99. The molecule has 0 aromatic carbocycles. The number of rotatable bonds is 2. The van der Waals surface area contributed by atoms with E-state index in [4.69, 9.17) is 9.47 Å². The molecule has 2 N–H and O–H groups in total. The van der Waals surface area contributed by atoms with Crippen LogP contribution in [0.15, 0.2) is 23.3 Å². The van der Waals surface area contributed by atoms with E-state index < -0.39 is 41.7 Å². The van der Waals surface area contributed by atoms with E-state index in [0.29, 0.717) is 6.42 Å². The zero-order chi connectivity index (χ0) is 18.7. The van der Waals surface area contributed by atoms with Crippen molar-refractivity contribution in [3.8, 4) is 0 Å². The Bertz CT molecular complexity index is 663. The number of aliphatic hydroxyl groups is 2. The van der Waals surface area contributed by atoms with Gasteiger partial charge < -0.3 is 19.7 Å². The number of esters is 2. The molecule has 1 aliphatic heterocycles. The van der Waals surface area contributed by atoms with Crippen molar-refractivity contribution < 1.29 is 29.3 Å². The minimum Gasteiger partial charge on any atom is -0.461 e. The van der Waals surface area contributed by atoms with Gasteiger partial charge in [-0.25, -0.2) is 4.79 Å². The Labute approximate surface area is 147 Å². The van der Waals surface area contributed by atoms with Crippen LogP contribution in [-0.2, 0) is 19.1 Å². The first-order chi connectivity index (χ1) is 11.6. The lowest BCUT2D eigenvalue weighted by molar-refractivity contribution is -0.164. The van der Waals surface area contributed by atoms with Gasteiger partial charge in [0.1, 0.15) is 12.2 Å². The van der Waals surface area contributed by atoms with E-state index in [1.807, 2.05) is 6.92 Å². The Kier molecular flexibility index (Phi) is 4.32. The van der Waals surface area contributed by atoms with Gasteiger partial charge in [0.25, 0.3) is 0 Å². The lowest BCUT2D eigenvalue weighted by atomic mass is 9.57. The summed E-state index contributed by atoms with van der Waals surface area (Å²) in [5, 5.41) is 20.9. The van der Waals surface area contributed by atoms with Crippen molar-refractivity contribution >= 4 is 11.9 Å². The standard InChI is InChI=1S/C19H26O6/c1-8(2)17(22)24-12-7-19(5)13(21)6-11(20)9(3)15(19)16-14(12)10(4)18(23)25-16/h8,11-14,16,20-21H,4,6-7H2,1-3,5H3/t11-,12+,13-,14-,16+,19+/m1/s1. The van der Waals surface area contributed by atoms with Crippen molar-refractivity contribution in [2.24, 2.45) is 17.3 Å². The SMILES string of the molecule is C=C1C(=O)O[C@@H]2C3=C(C)[C@H](O)C[C@@H](O)[C@]3(C)C[C@H](OC(=O)C(C)C)[C@@H]12. The minimum atomic E-state index is -0.810. The van der Waals surface area contributed by atoms with E-state index in [1.165, 1.54) is 0 Å². The third-order valence-electron chi connectivity index (χ3n) is 6.00. The number of carbonyl (C=O) groups excluding carboxylic acids is 2. The lowest BCUT2D eigenvalue weighted by Crippen LogP contribution is -2.55. The maximum Gasteiger partial charge on any atom is 0.334 e. The van der Waals surface area contributed by atoms with Crippen LogP contribution in [0, 0.1) is 17.3 Å². The summed E-state index contributed by atoms with van der Waals surface area (Å²) in [4.78, 5) is 24.3. The van der Waals surface area contributed by atoms with Crippen LogP contribution in [0.1, 0.15) is 40.5 Å². The Morgan fingerprint density at radius 2 is 2.04 bits per heavy atom. The number of fused-ring (bicyclic) bond motifs is 3. The van der Waals surface area contributed by atoms with Crippen molar-refractivity contribution in [3.05, 3.63) is 23.3 Å². The Morgan fingerprint density at radius 3 is 2.64 bits per heavy atom. The molecule has 6 nitrogen and oxygen atoms in total. The topological polar surface area (TPSA) is 93.1 Å². The lowest BCUT2D eigenvalue weighted by Gasteiger charge is -2.51. The highest BCUT2D eigenvalue weighted by atomic mass is 16.6. The van der Waals surface area contributed by atoms with E-state index in [0.717, 1.165) is 11.1 Å². The van der Waals surface area contributed by atoms with Crippen LogP contribution in [-0.4, -0.2) is 46.6 Å². The summed E-state index contributed by atoms with van der Waals surface area (Å²) < 4.78 is 11.2. The highest BCUT2D eigenvalue weighted by Gasteiger charge is 2.60. The third kappa shape index (κ3) is 2.62. The fourth-order valence-electron chi connectivity index (χ4n) is 4.44. The van der Waals surface area contributed by atoms with E-state index >= 15 is 0 Å². The molecule has 0 aromatic rings. The molecule has 0 aromatic heterocycles. The van der Waals surface area contributed by atoms with Crippen molar-refractivity contribution in [1.29, 1.82) is 0 Å². The van der Waals surface area contributed by atoms with Crippen LogP contribution >= 0.6 is 0 Å². The Balaban J connectivity index is 2.07. The first kappa shape index (κ1) is 18.1. The molecular weight excluding hydrogens is 324 g/mol. The second-order valence-electron chi connectivity index (χ2n) is 7.99. The third-order valence-corrected chi connectivity index (χ3v) is 6.00. The molecule has 0 bridgehead atoms. The predicted molar refractivity (Wildman–Crippen MR) is 89.3 cm³/mol. The smallest absolute Gasteiger partial charge is 0.334 e. The van der Waals surface area contributed by atoms with Gasteiger partial charge in [0.05, 0.1) is 24.0 Å². The second kappa shape index (κ2) is 5.95. The Morgan fingerprint density at radius 1 is 1.40 bits per heavy atom. The molecule has 1 heterocycles. The zero-order valence-corrected chi connectivity index (χ0v) is 15.1. The van der Waals surface area contributed by atoms with E-state index in [2.05, 4.69) is 6.58 Å². The number of aliphatic hydroxyl groups excluding tert-OH is 2. The molecule has 2 fully saturated rings. The molecule has 1 saturated heterocycles. The average molecular weight is 350 g/mol. The highest BCUT2D eigenvalue weighted by molar-refractivity contribution is 5.91. The molecule has 138 valence electrons. The first-order valence-corrected chi connectivity index (χ1v) is 8.75. The summed E-state index contributed by atoms with van der Waals surface area (Å²) in [6.07, 6.45) is -2.26.